The highest BCUT2D eigenvalue weighted by Gasteiger charge is 2.15. The van der Waals surface area contributed by atoms with Crippen molar-refractivity contribution in [2.24, 2.45) is 11.7 Å². The molecule has 1 aromatic carbocycles. The Bertz CT molecular complexity index is 305. The molecule has 0 radical (unpaired) electrons. The van der Waals surface area contributed by atoms with Crippen LogP contribution in [0.4, 0.5) is 0 Å². The van der Waals surface area contributed by atoms with Crippen LogP contribution >= 0.6 is 0 Å². The van der Waals surface area contributed by atoms with Crippen LogP contribution in [0.5, 0.6) is 0 Å². The van der Waals surface area contributed by atoms with E-state index in [1.54, 1.807) is 0 Å². The molecule has 1 fully saturated rings. The summed E-state index contributed by atoms with van der Waals surface area (Å²) in [6.45, 7) is 2.50. The third-order valence-electron chi connectivity index (χ3n) is 3.19. The molecule has 2 heteroatoms. The highest BCUT2D eigenvalue weighted by molar-refractivity contribution is 5.27. The van der Waals surface area contributed by atoms with E-state index in [1.807, 2.05) is 0 Å². The normalized spacial score (nSPS) is 17.9. The first kappa shape index (κ1) is 10.7. The number of benzene rings is 1. The van der Waals surface area contributed by atoms with Crippen molar-refractivity contribution >= 4 is 0 Å². The van der Waals surface area contributed by atoms with Crippen molar-refractivity contribution in [1.29, 1.82) is 0 Å². The predicted molar refractivity (Wildman–Crippen MR) is 61.6 cm³/mol. The molecule has 2 rings (SSSR count). The molecule has 0 spiro atoms. The molecule has 0 atom stereocenters. The summed E-state index contributed by atoms with van der Waals surface area (Å²) < 4.78 is 5.37. The fraction of sp³-hybridized carbons (Fsp3) is 0.538. The minimum Gasteiger partial charge on any atom is -0.381 e. The lowest BCUT2D eigenvalue weighted by molar-refractivity contribution is 0.0665. The third kappa shape index (κ3) is 2.80. The summed E-state index contributed by atoms with van der Waals surface area (Å²) in [4.78, 5) is 0. The van der Waals surface area contributed by atoms with Gasteiger partial charge in [0.25, 0.3) is 0 Å². The second kappa shape index (κ2) is 5.29. The van der Waals surface area contributed by atoms with Crippen molar-refractivity contribution in [3.63, 3.8) is 0 Å². The van der Waals surface area contributed by atoms with Crippen molar-refractivity contribution in [2.45, 2.75) is 25.8 Å². The summed E-state index contributed by atoms with van der Waals surface area (Å²) in [7, 11) is 0. The van der Waals surface area contributed by atoms with E-state index >= 15 is 0 Å². The molecule has 0 bridgehead atoms. The monoisotopic (exact) mass is 205 g/mol. The second-order valence-electron chi connectivity index (χ2n) is 4.23. The second-order valence-corrected chi connectivity index (χ2v) is 4.23. The number of nitrogens with two attached hydrogens (primary N) is 1. The van der Waals surface area contributed by atoms with E-state index in [1.165, 1.54) is 24.0 Å². The summed E-state index contributed by atoms with van der Waals surface area (Å²) in [6, 6.07) is 8.51. The Kier molecular flexibility index (Phi) is 3.75. The van der Waals surface area contributed by atoms with Gasteiger partial charge in [0.15, 0.2) is 0 Å². The Morgan fingerprint density at radius 1 is 1.13 bits per heavy atom. The van der Waals surface area contributed by atoms with Gasteiger partial charge in [0.2, 0.25) is 0 Å². The van der Waals surface area contributed by atoms with Crippen molar-refractivity contribution < 1.29 is 4.74 Å². The maximum Gasteiger partial charge on any atom is 0.0468 e. The van der Waals surface area contributed by atoms with Crippen LogP contribution in [0.1, 0.15) is 24.0 Å². The Morgan fingerprint density at radius 3 is 2.47 bits per heavy atom. The molecule has 1 aliphatic heterocycles. The van der Waals surface area contributed by atoms with Crippen LogP contribution in [-0.2, 0) is 17.7 Å². The summed E-state index contributed by atoms with van der Waals surface area (Å²) in [5, 5.41) is 0. The summed E-state index contributed by atoms with van der Waals surface area (Å²) in [6.07, 6.45) is 3.55. The molecule has 0 aliphatic carbocycles. The maximum absolute atomic E-state index is 5.73. The van der Waals surface area contributed by atoms with E-state index in [2.05, 4.69) is 24.3 Å². The van der Waals surface area contributed by atoms with Crippen molar-refractivity contribution in [3.05, 3.63) is 35.4 Å². The van der Waals surface area contributed by atoms with E-state index in [4.69, 9.17) is 10.5 Å². The lowest BCUT2D eigenvalue weighted by atomic mass is 9.90. The molecule has 1 heterocycles. The van der Waals surface area contributed by atoms with Gasteiger partial charge in [0.05, 0.1) is 0 Å². The smallest absolute Gasteiger partial charge is 0.0468 e. The summed E-state index contributed by atoms with van der Waals surface area (Å²) in [5.41, 5.74) is 8.45. The number of rotatable bonds is 3. The minimum absolute atomic E-state index is 0.652. The average molecular weight is 205 g/mol. The molecule has 82 valence electrons. The van der Waals surface area contributed by atoms with E-state index < -0.39 is 0 Å². The molecule has 0 amide bonds. The Labute approximate surface area is 91.4 Å². The van der Waals surface area contributed by atoms with Gasteiger partial charge in [0, 0.05) is 19.8 Å². The minimum atomic E-state index is 0.652. The predicted octanol–water partition coefficient (Wildman–Crippen LogP) is 2.11. The van der Waals surface area contributed by atoms with Gasteiger partial charge < -0.3 is 10.5 Å². The van der Waals surface area contributed by atoms with Crippen LogP contribution in [0.3, 0.4) is 0 Å². The van der Waals surface area contributed by atoms with Crippen LogP contribution in [0, 0.1) is 5.92 Å². The first-order valence-electron chi connectivity index (χ1n) is 5.74. The van der Waals surface area contributed by atoms with E-state index in [0.29, 0.717) is 6.54 Å². The molecule has 1 aliphatic rings. The molecule has 2 N–H and O–H groups in total. The standard InChI is InChI=1S/C13H19NO/c14-10-13-4-2-1-3-12(13)9-11-5-7-15-8-6-11/h1-4,11H,5-10,14H2. The van der Waals surface area contributed by atoms with Gasteiger partial charge in [-0.15, -0.1) is 0 Å². The quantitative estimate of drug-likeness (QED) is 0.820. The fourth-order valence-electron chi connectivity index (χ4n) is 2.22. The third-order valence-corrected chi connectivity index (χ3v) is 3.19. The molecule has 0 aromatic heterocycles. The average Bonchev–Trinajstić information content (AvgIpc) is 2.31. The van der Waals surface area contributed by atoms with Gasteiger partial charge in [0.1, 0.15) is 0 Å². The van der Waals surface area contributed by atoms with Crippen LogP contribution < -0.4 is 5.73 Å². The van der Waals surface area contributed by atoms with Gasteiger partial charge in [-0.2, -0.15) is 0 Å². The zero-order valence-corrected chi connectivity index (χ0v) is 9.11. The van der Waals surface area contributed by atoms with Crippen molar-refractivity contribution in [2.75, 3.05) is 13.2 Å². The zero-order chi connectivity index (χ0) is 10.5. The van der Waals surface area contributed by atoms with Gasteiger partial charge in [-0.25, -0.2) is 0 Å². The van der Waals surface area contributed by atoms with Gasteiger partial charge in [-0.05, 0) is 36.3 Å². The molecular weight excluding hydrogens is 186 g/mol. The van der Waals surface area contributed by atoms with E-state index in [0.717, 1.165) is 25.6 Å². The molecule has 15 heavy (non-hydrogen) atoms. The van der Waals surface area contributed by atoms with Gasteiger partial charge in [-0.3, -0.25) is 0 Å². The zero-order valence-electron chi connectivity index (χ0n) is 9.11. The highest BCUT2D eigenvalue weighted by Crippen LogP contribution is 2.21. The number of ether oxygens (including phenoxy) is 1. The lowest BCUT2D eigenvalue weighted by Crippen LogP contribution is -2.18. The van der Waals surface area contributed by atoms with Crippen LogP contribution in [0.15, 0.2) is 24.3 Å². The van der Waals surface area contributed by atoms with E-state index in [9.17, 15) is 0 Å². The Morgan fingerprint density at radius 2 is 1.80 bits per heavy atom. The molecular formula is C13H19NO. The SMILES string of the molecule is NCc1ccccc1CC1CCOCC1. The first-order valence-corrected chi connectivity index (χ1v) is 5.74. The van der Waals surface area contributed by atoms with Crippen LogP contribution in [0.2, 0.25) is 0 Å². The maximum atomic E-state index is 5.73. The summed E-state index contributed by atoms with van der Waals surface area (Å²) >= 11 is 0. The Balaban J connectivity index is 2.02. The highest BCUT2D eigenvalue weighted by atomic mass is 16.5. The molecule has 1 aromatic rings. The van der Waals surface area contributed by atoms with Crippen molar-refractivity contribution in [3.8, 4) is 0 Å². The Hall–Kier alpha value is -0.860. The molecule has 1 saturated heterocycles. The summed E-state index contributed by atoms with van der Waals surface area (Å²) in [5.74, 6) is 0.784. The topological polar surface area (TPSA) is 35.2 Å². The number of hydrogen-bond donors (Lipinski definition) is 1. The fourth-order valence-corrected chi connectivity index (χ4v) is 2.22. The van der Waals surface area contributed by atoms with E-state index in [-0.39, 0.29) is 0 Å². The molecule has 0 saturated carbocycles. The van der Waals surface area contributed by atoms with Crippen LogP contribution in [-0.4, -0.2) is 13.2 Å². The lowest BCUT2D eigenvalue weighted by Gasteiger charge is -2.22. The molecule has 0 unspecified atom stereocenters. The van der Waals surface area contributed by atoms with Crippen LogP contribution in [0.25, 0.3) is 0 Å². The van der Waals surface area contributed by atoms with Gasteiger partial charge >= 0.3 is 0 Å². The first-order chi connectivity index (χ1) is 7.40. The van der Waals surface area contributed by atoms with Gasteiger partial charge in [-0.1, -0.05) is 24.3 Å². The largest absolute Gasteiger partial charge is 0.381 e. The number of hydrogen-bond acceptors (Lipinski definition) is 2. The molecule has 2 nitrogen and oxygen atoms in total. The van der Waals surface area contributed by atoms with Crippen molar-refractivity contribution in [1.82, 2.24) is 0 Å².